The average molecular weight is 352 g/mol. The Morgan fingerprint density at radius 2 is 1.75 bits per heavy atom. The van der Waals surface area contributed by atoms with E-state index in [0.29, 0.717) is 6.61 Å². The molecular formula is C21H37NOS. The SMILES string of the molecule is C=C/C=C(\C=C/COC)CS.CC.CCN.CCc1ccccc1. The quantitative estimate of drug-likeness (QED) is 0.526. The van der Waals surface area contributed by atoms with Gasteiger partial charge in [-0.25, -0.2) is 0 Å². The summed E-state index contributed by atoms with van der Waals surface area (Å²) in [5, 5.41) is 0. The number of hydrogen-bond acceptors (Lipinski definition) is 3. The lowest BCUT2D eigenvalue weighted by Crippen LogP contribution is -1.87. The van der Waals surface area contributed by atoms with Crippen molar-refractivity contribution in [2.75, 3.05) is 26.0 Å². The molecule has 0 aliphatic rings. The van der Waals surface area contributed by atoms with Gasteiger partial charge in [-0.15, -0.1) is 0 Å². The third-order valence-corrected chi connectivity index (χ3v) is 2.73. The highest BCUT2D eigenvalue weighted by molar-refractivity contribution is 7.80. The second kappa shape index (κ2) is 26.6. The average Bonchev–Trinajstić information content (AvgIpc) is 2.64. The monoisotopic (exact) mass is 351 g/mol. The van der Waals surface area contributed by atoms with E-state index >= 15 is 0 Å². The molecule has 1 aromatic carbocycles. The molecule has 1 aromatic rings. The van der Waals surface area contributed by atoms with Crippen molar-refractivity contribution in [3.63, 3.8) is 0 Å². The molecule has 0 heterocycles. The number of nitrogens with two attached hydrogens (primary N) is 1. The van der Waals surface area contributed by atoms with Crippen LogP contribution in [0.2, 0.25) is 0 Å². The summed E-state index contributed by atoms with van der Waals surface area (Å²) in [6.45, 7) is 13.1. The first-order valence-electron chi connectivity index (χ1n) is 8.51. The Bertz CT molecular complexity index is 400. The van der Waals surface area contributed by atoms with Crippen LogP contribution < -0.4 is 5.73 Å². The fourth-order valence-corrected chi connectivity index (χ4v) is 1.53. The Morgan fingerprint density at radius 3 is 2.08 bits per heavy atom. The lowest BCUT2D eigenvalue weighted by Gasteiger charge is -1.93. The van der Waals surface area contributed by atoms with Crippen LogP contribution in [0.15, 0.2) is 66.8 Å². The van der Waals surface area contributed by atoms with E-state index in [2.05, 4.69) is 50.4 Å². The maximum Gasteiger partial charge on any atom is 0.0646 e. The molecule has 0 amide bonds. The van der Waals surface area contributed by atoms with Crippen molar-refractivity contribution in [1.29, 1.82) is 0 Å². The van der Waals surface area contributed by atoms with Crippen LogP contribution >= 0.6 is 12.6 Å². The van der Waals surface area contributed by atoms with Crippen molar-refractivity contribution in [3.05, 3.63) is 72.4 Å². The highest BCUT2D eigenvalue weighted by Crippen LogP contribution is 1.99. The molecular weight excluding hydrogens is 314 g/mol. The largest absolute Gasteiger partial charge is 0.381 e. The van der Waals surface area contributed by atoms with Crippen molar-refractivity contribution in [1.82, 2.24) is 0 Å². The second-order valence-corrected chi connectivity index (χ2v) is 4.56. The molecule has 0 spiro atoms. The van der Waals surface area contributed by atoms with Crippen LogP contribution in [0.3, 0.4) is 0 Å². The van der Waals surface area contributed by atoms with Gasteiger partial charge in [-0.2, -0.15) is 12.6 Å². The summed E-state index contributed by atoms with van der Waals surface area (Å²) in [5.41, 5.74) is 7.40. The standard InChI is InChI=1S/C9H14OS.C8H10.C2H7N.C2H6/c1-3-5-9(8-11)6-4-7-10-2;1-2-8-6-4-3-5-7-8;1-2-3;1-2/h3-6,11H,1,7-8H2,2H3;3-7H,2H2,1H3;2-3H2,1H3;1-2H3/b6-4-,9-5+;;;. The summed E-state index contributed by atoms with van der Waals surface area (Å²) in [7, 11) is 1.67. The predicted molar refractivity (Wildman–Crippen MR) is 115 cm³/mol. The number of rotatable bonds is 6. The summed E-state index contributed by atoms with van der Waals surface area (Å²) in [5.74, 6) is 0.728. The zero-order valence-electron chi connectivity index (χ0n) is 16.2. The van der Waals surface area contributed by atoms with Crippen molar-refractivity contribution in [2.24, 2.45) is 5.73 Å². The van der Waals surface area contributed by atoms with Gasteiger partial charge in [0.05, 0.1) is 6.61 Å². The Labute approximate surface area is 155 Å². The third-order valence-electron chi connectivity index (χ3n) is 2.36. The zero-order chi connectivity index (χ0) is 19.1. The van der Waals surface area contributed by atoms with Gasteiger partial charge < -0.3 is 10.5 Å². The number of hydrogen-bond donors (Lipinski definition) is 2. The maximum absolute atomic E-state index is 4.85. The first-order valence-corrected chi connectivity index (χ1v) is 9.15. The highest BCUT2D eigenvalue weighted by Gasteiger charge is 1.84. The molecule has 0 radical (unpaired) electrons. The molecule has 24 heavy (non-hydrogen) atoms. The van der Waals surface area contributed by atoms with Crippen LogP contribution in [0.25, 0.3) is 0 Å². The molecule has 0 bridgehead atoms. The third kappa shape index (κ3) is 23.0. The summed E-state index contributed by atoms with van der Waals surface area (Å²) in [6, 6.07) is 10.5. The second-order valence-electron chi connectivity index (χ2n) is 4.24. The highest BCUT2D eigenvalue weighted by atomic mass is 32.1. The van der Waals surface area contributed by atoms with Gasteiger partial charge in [-0.05, 0) is 24.1 Å². The van der Waals surface area contributed by atoms with Gasteiger partial charge in [0.15, 0.2) is 0 Å². The van der Waals surface area contributed by atoms with Gasteiger partial charge in [0.1, 0.15) is 0 Å². The number of allylic oxidation sites excluding steroid dienone is 3. The van der Waals surface area contributed by atoms with E-state index in [9.17, 15) is 0 Å². The van der Waals surface area contributed by atoms with E-state index in [1.54, 1.807) is 13.2 Å². The van der Waals surface area contributed by atoms with E-state index < -0.39 is 0 Å². The number of aryl methyl sites for hydroxylation is 1. The minimum absolute atomic E-state index is 0.641. The maximum atomic E-state index is 4.85. The van der Waals surface area contributed by atoms with Gasteiger partial charge in [0, 0.05) is 12.9 Å². The molecule has 2 N–H and O–H groups in total. The first kappa shape index (κ1) is 27.6. The first-order chi connectivity index (χ1) is 11.7. The summed E-state index contributed by atoms with van der Waals surface area (Å²) in [4.78, 5) is 0. The predicted octanol–water partition coefficient (Wildman–Crippen LogP) is 5.47. The van der Waals surface area contributed by atoms with Crippen LogP contribution in [-0.4, -0.2) is 26.0 Å². The summed E-state index contributed by atoms with van der Waals surface area (Å²) >= 11 is 4.14. The molecule has 0 aromatic heterocycles. The molecule has 0 unspecified atom stereocenters. The van der Waals surface area contributed by atoms with E-state index in [-0.39, 0.29) is 0 Å². The molecule has 0 aliphatic heterocycles. The molecule has 0 atom stereocenters. The van der Waals surface area contributed by atoms with E-state index in [1.165, 1.54) is 5.56 Å². The summed E-state index contributed by atoms with van der Waals surface area (Å²) < 4.78 is 4.85. The van der Waals surface area contributed by atoms with E-state index in [4.69, 9.17) is 10.5 Å². The van der Waals surface area contributed by atoms with Crippen LogP contribution in [0, 0.1) is 0 Å². The molecule has 0 saturated heterocycles. The fraction of sp³-hybridized carbons (Fsp3) is 0.429. The molecule has 2 nitrogen and oxygen atoms in total. The van der Waals surface area contributed by atoms with Crippen molar-refractivity contribution >= 4 is 12.6 Å². The zero-order valence-corrected chi connectivity index (χ0v) is 17.1. The van der Waals surface area contributed by atoms with Crippen molar-refractivity contribution in [3.8, 4) is 0 Å². The van der Waals surface area contributed by atoms with Gasteiger partial charge >= 0.3 is 0 Å². The molecule has 3 heteroatoms. The minimum atomic E-state index is 0.641. The Balaban J connectivity index is -0.000000296. The van der Waals surface area contributed by atoms with Crippen LogP contribution in [0.1, 0.15) is 33.3 Å². The molecule has 138 valence electrons. The Hall–Kier alpha value is -1.29. The lowest BCUT2D eigenvalue weighted by molar-refractivity contribution is 0.234. The van der Waals surface area contributed by atoms with Gasteiger partial charge in [0.25, 0.3) is 0 Å². The van der Waals surface area contributed by atoms with Crippen molar-refractivity contribution in [2.45, 2.75) is 34.1 Å². The van der Waals surface area contributed by atoms with E-state index in [1.807, 2.05) is 45.1 Å². The Kier molecular flexibility index (Phi) is 30.5. The molecule has 0 aliphatic carbocycles. The van der Waals surface area contributed by atoms with Crippen LogP contribution in [0.4, 0.5) is 0 Å². The number of benzene rings is 1. The lowest BCUT2D eigenvalue weighted by atomic mass is 10.2. The minimum Gasteiger partial charge on any atom is -0.381 e. The normalized spacial score (nSPS) is 9.71. The van der Waals surface area contributed by atoms with Gasteiger partial charge in [-0.1, -0.05) is 88.9 Å². The Morgan fingerprint density at radius 1 is 1.21 bits per heavy atom. The molecule has 0 fully saturated rings. The van der Waals surface area contributed by atoms with E-state index in [0.717, 1.165) is 24.3 Å². The topological polar surface area (TPSA) is 35.2 Å². The van der Waals surface area contributed by atoms with Crippen molar-refractivity contribution < 1.29 is 4.74 Å². The van der Waals surface area contributed by atoms with Crippen LogP contribution in [0.5, 0.6) is 0 Å². The smallest absolute Gasteiger partial charge is 0.0646 e. The summed E-state index contributed by atoms with van der Waals surface area (Å²) in [6.07, 6.45) is 8.76. The van der Waals surface area contributed by atoms with Gasteiger partial charge in [0.2, 0.25) is 0 Å². The number of ether oxygens (including phenoxy) is 1. The van der Waals surface area contributed by atoms with Gasteiger partial charge in [-0.3, -0.25) is 0 Å². The number of methoxy groups -OCH3 is 1. The fourth-order valence-electron chi connectivity index (χ4n) is 1.32. The number of thiol groups is 1. The molecule has 0 saturated carbocycles. The molecule has 1 rings (SSSR count). The van der Waals surface area contributed by atoms with Crippen LogP contribution in [-0.2, 0) is 11.2 Å².